The highest BCUT2D eigenvalue weighted by Crippen LogP contribution is 2.19. The molecule has 0 radical (unpaired) electrons. The predicted octanol–water partition coefficient (Wildman–Crippen LogP) is 2.15. The van der Waals surface area contributed by atoms with Crippen LogP contribution in [0.25, 0.3) is 0 Å². The van der Waals surface area contributed by atoms with E-state index in [1.165, 1.54) is 6.07 Å². The second-order valence-corrected chi connectivity index (χ2v) is 8.01. The van der Waals surface area contributed by atoms with Gasteiger partial charge in [0.05, 0.1) is 11.6 Å². The van der Waals surface area contributed by atoms with E-state index in [2.05, 4.69) is 10.6 Å². The van der Waals surface area contributed by atoms with Crippen LogP contribution in [0.1, 0.15) is 42.7 Å². The van der Waals surface area contributed by atoms with Gasteiger partial charge in [0, 0.05) is 11.6 Å². The number of nitrogens with one attached hydrogen (secondary N) is 2. The molecule has 7 nitrogen and oxygen atoms in total. The molecule has 0 bridgehead atoms. The third-order valence-corrected chi connectivity index (χ3v) is 4.18. The highest BCUT2D eigenvalue weighted by molar-refractivity contribution is 6.58. The number of halogens is 2. The number of benzene rings is 2. The second kappa shape index (κ2) is 9.93. The van der Waals surface area contributed by atoms with Crippen LogP contribution in [-0.2, 0) is 4.74 Å². The normalized spacial score (nSPS) is 12.1. The number of hydrogen-bond acceptors (Lipinski definition) is 5. The fourth-order valence-corrected chi connectivity index (χ4v) is 2.79. The van der Waals surface area contributed by atoms with Crippen LogP contribution in [0.15, 0.2) is 42.5 Å². The van der Waals surface area contributed by atoms with E-state index in [-0.39, 0.29) is 17.6 Å². The van der Waals surface area contributed by atoms with Crippen LogP contribution in [0.5, 0.6) is 0 Å². The van der Waals surface area contributed by atoms with Gasteiger partial charge in [0.15, 0.2) is 0 Å². The number of alkyl carbamates (subject to hydrolysis) is 1. The fourth-order valence-electron chi connectivity index (χ4n) is 2.59. The van der Waals surface area contributed by atoms with Crippen molar-refractivity contribution >= 4 is 36.2 Å². The fraction of sp³-hybridized carbons (Fsp3) is 0.300. The molecule has 30 heavy (non-hydrogen) atoms. The van der Waals surface area contributed by atoms with Crippen molar-refractivity contribution in [3.63, 3.8) is 0 Å². The average molecular weight is 437 g/mol. The third-order valence-electron chi connectivity index (χ3n) is 3.94. The van der Waals surface area contributed by atoms with Gasteiger partial charge in [-0.1, -0.05) is 29.8 Å². The van der Waals surface area contributed by atoms with Crippen LogP contribution in [0.2, 0.25) is 5.02 Å². The quantitative estimate of drug-likeness (QED) is 0.519. The molecule has 2 rings (SSSR count). The molecule has 0 heterocycles. The predicted molar refractivity (Wildman–Crippen MR) is 112 cm³/mol. The monoisotopic (exact) mass is 436 g/mol. The Labute approximate surface area is 179 Å². The number of ether oxygens (including phenoxy) is 1. The lowest BCUT2D eigenvalue weighted by Gasteiger charge is -2.23. The molecule has 2 aromatic carbocycles. The van der Waals surface area contributed by atoms with Crippen LogP contribution in [-0.4, -0.2) is 41.3 Å². The number of carbonyl (C=O) groups excluding carboxylic acids is 2. The van der Waals surface area contributed by atoms with Gasteiger partial charge in [-0.05, 0) is 56.1 Å². The Kier molecular flexibility index (Phi) is 7.83. The van der Waals surface area contributed by atoms with Crippen molar-refractivity contribution in [2.75, 3.05) is 6.54 Å². The molecule has 160 valence electrons. The molecule has 1 atom stereocenters. The summed E-state index contributed by atoms with van der Waals surface area (Å²) in [6.07, 6.45) is -0.670. The van der Waals surface area contributed by atoms with Gasteiger partial charge in [0.1, 0.15) is 11.4 Å². The molecule has 0 fully saturated rings. The Hall–Kier alpha value is -2.62. The maximum Gasteiger partial charge on any atom is 0.488 e. The van der Waals surface area contributed by atoms with Gasteiger partial charge < -0.3 is 25.4 Å². The standard InChI is InChI=1S/C20H23BClFN2O5/c1-20(2,3)30-19(27)24-11-17(12-5-4-6-14(22)9-12)25-18(26)15-8-7-13(21(28)29)10-16(15)23/h4-10,17,28-29H,11H2,1-3H3,(H,24,27)(H,25,26). The van der Waals surface area contributed by atoms with Crippen molar-refractivity contribution in [3.8, 4) is 0 Å². The molecule has 2 aromatic rings. The van der Waals surface area contributed by atoms with Crippen molar-refractivity contribution in [1.29, 1.82) is 0 Å². The third kappa shape index (κ3) is 7.02. The van der Waals surface area contributed by atoms with Gasteiger partial charge in [-0.15, -0.1) is 0 Å². The second-order valence-electron chi connectivity index (χ2n) is 7.58. The molecule has 2 amide bonds. The Balaban J connectivity index is 2.20. The minimum Gasteiger partial charge on any atom is -0.444 e. The van der Waals surface area contributed by atoms with E-state index >= 15 is 0 Å². The molecule has 0 spiro atoms. The first-order chi connectivity index (χ1) is 14.0. The van der Waals surface area contributed by atoms with Crippen molar-refractivity contribution in [2.45, 2.75) is 32.4 Å². The van der Waals surface area contributed by atoms with Crippen LogP contribution in [0.4, 0.5) is 9.18 Å². The zero-order valence-electron chi connectivity index (χ0n) is 16.8. The van der Waals surface area contributed by atoms with Gasteiger partial charge in [-0.2, -0.15) is 0 Å². The van der Waals surface area contributed by atoms with Gasteiger partial charge in [-0.3, -0.25) is 4.79 Å². The summed E-state index contributed by atoms with van der Waals surface area (Å²) in [5.41, 5.74) is -0.471. The van der Waals surface area contributed by atoms with Crippen molar-refractivity contribution in [3.05, 3.63) is 64.4 Å². The molecule has 4 N–H and O–H groups in total. The Morgan fingerprint density at radius 1 is 1.20 bits per heavy atom. The molecule has 0 aromatic heterocycles. The van der Waals surface area contributed by atoms with E-state index in [1.807, 2.05) is 0 Å². The van der Waals surface area contributed by atoms with E-state index in [0.717, 1.165) is 12.1 Å². The summed E-state index contributed by atoms with van der Waals surface area (Å²) >= 11 is 6.03. The van der Waals surface area contributed by atoms with Crippen molar-refractivity contribution < 1.29 is 28.8 Å². The molecule has 0 saturated carbocycles. The average Bonchev–Trinajstić information content (AvgIpc) is 2.63. The number of rotatable bonds is 6. The zero-order chi connectivity index (χ0) is 22.5. The largest absolute Gasteiger partial charge is 0.488 e. The highest BCUT2D eigenvalue weighted by Gasteiger charge is 2.22. The maximum absolute atomic E-state index is 14.3. The van der Waals surface area contributed by atoms with Crippen LogP contribution in [0, 0.1) is 5.82 Å². The van der Waals surface area contributed by atoms with Crippen LogP contribution < -0.4 is 16.1 Å². The van der Waals surface area contributed by atoms with Crippen LogP contribution >= 0.6 is 11.6 Å². The number of carbonyl (C=O) groups is 2. The SMILES string of the molecule is CC(C)(C)OC(=O)NCC(NC(=O)c1ccc(B(O)O)cc1F)c1cccc(Cl)c1. The topological polar surface area (TPSA) is 108 Å². The smallest absolute Gasteiger partial charge is 0.444 e. The molecule has 0 aliphatic heterocycles. The lowest BCUT2D eigenvalue weighted by atomic mass is 9.80. The first kappa shape index (κ1) is 23.7. The Morgan fingerprint density at radius 2 is 1.90 bits per heavy atom. The van der Waals surface area contributed by atoms with Gasteiger partial charge in [-0.25, -0.2) is 9.18 Å². The highest BCUT2D eigenvalue weighted by atomic mass is 35.5. The minimum atomic E-state index is -1.85. The number of amides is 2. The van der Waals surface area contributed by atoms with Gasteiger partial charge >= 0.3 is 13.2 Å². The minimum absolute atomic E-state index is 0.0317. The lowest BCUT2D eigenvalue weighted by Crippen LogP contribution is -2.40. The molecule has 0 aliphatic carbocycles. The van der Waals surface area contributed by atoms with Crippen molar-refractivity contribution in [2.24, 2.45) is 0 Å². The lowest BCUT2D eigenvalue weighted by molar-refractivity contribution is 0.0519. The molecule has 1 unspecified atom stereocenters. The summed E-state index contributed by atoms with van der Waals surface area (Å²) in [4.78, 5) is 24.6. The Morgan fingerprint density at radius 3 is 2.47 bits per heavy atom. The van der Waals surface area contributed by atoms with E-state index in [0.29, 0.717) is 10.6 Å². The maximum atomic E-state index is 14.3. The van der Waals surface area contributed by atoms with Gasteiger partial charge in [0.2, 0.25) is 0 Å². The zero-order valence-corrected chi connectivity index (χ0v) is 17.5. The summed E-state index contributed by atoms with van der Waals surface area (Å²) < 4.78 is 19.5. The molecular formula is C20H23BClFN2O5. The Bertz CT molecular complexity index is 920. The molecule has 10 heteroatoms. The summed E-state index contributed by atoms with van der Waals surface area (Å²) in [5.74, 6) is -1.66. The van der Waals surface area contributed by atoms with Crippen molar-refractivity contribution in [1.82, 2.24) is 10.6 Å². The number of hydrogen-bond donors (Lipinski definition) is 4. The molecule has 0 saturated heterocycles. The first-order valence-corrected chi connectivity index (χ1v) is 9.53. The van der Waals surface area contributed by atoms with Crippen LogP contribution in [0.3, 0.4) is 0 Å². The summed E-state index contributed by atoms with van der Waals surface area (Å²) in [5, 5.41) is 23.9. The van der Waals surface area contributed by atoms with Gasteiger partial charge in [0.25, 0.3) is 5.91 Å². The summed E-state index contributed by atoms with van der Waals surface area (Å²) in [7, 11) is -1.85. The molecule has 0 aliphatic rings. The summed E-state index contributed by atoms with van der Waals surface area (Å²) in [6.45, 7) is 5.13. The first-order valence-electron chi connectivity index (χ1n) is 9.15. The van der Waals surface area contributed by atoms with E-state index < -0.39 is 36.6 Å². The molecular weight excluding hydrogens is 413 g/mol. The van der Waals surface area contributed by atoms with E-state index in [1.54, 1.807) is 45.0 Å². The van der Waals surface area contributed by atoms with E-state index in [9.17, 15) is 14.0 Å². The summed E-state index contributed by atoms with van der Waals surface area (Å²) in [6, 6.07) is 9.18. The van der Waals surface area contributed by atoms with E-state index in [4.69, 9.17) is 26.4 Å².